The lowest BCUT2D eigenvalue weighted by molar-refractivity contribution is 0.0943. The van der Waals surface area contributed by atoms with E-state index in [-0.39, 0.29) is 5.91 Å². The molecule has 0 aliphatic heterocycles. The summed E-state index contributed by atoms with van der Waals surface area (Å²) in [6.45, 7) is 8.09. The molecular weight excluding hydrogens is 246 g/mol. The number of hydrogen-bond acceptors (Lipinski definition) is 2. The Morgan fingerprint density at radius 1 is 1.33 bits per heavy atom. The van der Waals surface area contributed by atoms with Crippen LogP contribution in [0.25, 0.3) is 0 Å². The molecule has 0 unspecified atom stereocenters. The summed E-state index contributed by atoms with van der Waals surface area (Å²) in [5.41, 5.74) is 7.68. The number of benzene rings is 1. The van der Waals surface area contributed by atoms with E-state index in [0.717, 1.165) is 11.1 Å². The fourth-order valence-corrected chi connectivity index (χ4v) is 1.41. The van der Waals surface area contributed by atoms with Crippen LogP contribution >= 0.6 is 12.2 Å². The molecule has 18 heavy (non-hydrogen) atoms. The third kappa shape index (κ3) is 4.55. The first kappa shape index (κ1) is 14.2. The van der Waals surface area contributed by atoms with Crippen molar-refractivity contribution in [3.63, 3.8) is 0 Å². The second-order valence-electron chi connectivity index (χ2n) is 4.03. The molecule has 0 bridgehead atoms. The molecule has 0 saturated carbocycles. The number of thiocarbonyl (C=S) groups is 1. The molecule has 1 amide bonds. The summed E-state index contributed by atoms with van der Waals surface area (Å²) in [6.07, 6.45) is 0. The fraction of sp³-hybridized carbons (Fsp3) is 0.231. The summed E-state index contributed by atoms with van der Waals surface area (Å²) in [4.78, 5) is 11.8. The molecule has 0 atom stereocenters. The van der Waals surface area contributed by atoms with Crippen molar-refractivity contribution in [2.45, 2.75) is 13.8 Å². The molecule has 0 saturated heterocycles. The van der Waals surface area contributed by atoms with E-state index in [4.69, 9.17) is 12.2 Å². The molecule has 0 aromatic heterocycles. The third-order valence-corrected chi connectivity index (χ3v) is 2.48. The van der Waals surface area contributed by atoms with Crippen molar-refractivity contribution in [3.05, 3.63) is 47.5 Å². The largest absolute Gasteiger partial charge is 0.358 e. The SMILES string of the molecule is C=C(C)CNC(=S)NNC(=O)c1ccccc1C. The molecule has 0 aliphatic carbocycles. The molecule has 4 nitrogen and oxygen atoms in total. The number of aryl methyl sites for hydroxylation is 1. The minimum Gasteiger partial charge on any atom is -0.358 e. The predicted octanol–water partition coefficient (Wildman–Crippen LogP) is 1.68. The Labute approximate surface area is 112 Å². The first-order valence-corrected chi connectivity index (χ1v) is 5.95. The van der Waals surface area contributed by atoms with E-state index >= 15 is 0 Å². The average molecular weight is 263 g/mol. The summed E-state index contributed by atoms with van der Waals surface area (Å²) < 4.78 is 0. The third-order valence-electron chi connectivity index (χ3n) is 2.23. The number of carbonyl (C=O) groups excluding carboxylic acids is 1. The van der Waals surface area contributed by atoms with Crippen LogP contribution in [0.4, 0.5) is 0 Å². The highest BCUT2D eigenvalue weighted by molar-refractivity contribution is 7.80. The van der Waals surface area contributed by atoms with Crippen molar-refractivity contribution >= 4 is 23.2 Å². The van der Waals surface area contributed by atoms with Crippen LogP contribution in [-0.2, 0) is 0 Å². The zero-order valence-electron chi connectivity index (χ0n) is 10.5. The summed E-state index contributed by atoms with van der Waals surface area (Å²) in [7, 11) is 0. The number of amides is 1. The van der Waals surface area contributed by atoms with Crippen molar-refractivity contribution in [1.29, 1.82) is 0 Å². The van der Waals surface area contributed by atoms with E-state index in [0.29, 0.717) is 17.2 Å². The number of hydrogen-bond donors (Lipinski definition) is 3. The van der Waals surface area contributed by atoms with Crippen LogP contribution in [-0.4, -0.2) is 17.6 Å². The van der Waals surface area contributed by atoms with E-state index in [9.17, 15) is 4.79 Å². The van der Waals surface area contributed by atoms with Crippen molar-refractivity contribution in [2.24, 2.45) is 0 Å². The topological polar surface area (TPSA) is 53.2 Å². The van der Waals surface area contributed by atoms with Crippen LogP contribution in [0.2, 0.25) is 0 Å². The Bertz CT molecular complexity index is 471. The maximum Gasteiger partial charge on any atom is 0.269 e. The Morgan fingerprint density at radius 3 is 2.61 bits per heavy atom. The van der Waals surface area contributed by atoms with Gasteiger partial charge in [0, 0.05) is 12.1 Å². The molecule has 0 spiro atoms. The quantitative estimate of drug-likeness (QED) is 0.441. The molecule has 0 radical (unpaired) electrons. The number of hydrazine groups is 1. The lowest BCUT2D eigenvalue weighted by Crippen LogP contribution is -2.47. The number of rotatable bonds is 3. The van der Waals surface area contributed by atoms with Crippen LogP contribution in [0.3, 0.4) is 0 Å². The normalized spacial score (nSPS) is 9.44. The maximum absolute atomic E-state index is 11.8. The Balaban J connectivity index is 2.45. The molecule has 0 heterocycles. The standard InChI is InChI=1S/C13H17N3OS/c1-9(2)8-14-13(18)16-15-12(17)11-7-5-4-6-10(11)3/h4-7H,1,8H2,2-3H3,(H,15,17)(H2,14,16,18). The fourth-order valence-electron chi connectivity index (χ4n) is 1.28. The predicted molar refractivity (Wildman–Crippen MR) is 77.2 cm³/mol. The lowest BCUT2D eigenvalue weighted by Gasteiger charge is -2.12. The van der Waals surface area contributed by atoms with E-state index in [1.54, 1.807) is 6.07 Å². The molecule has 1 aromatic carbocycles. The van der Waals surface area contributed by atoms with Crippen LogP contribution in [0, 0.1) is 6.92 Å². The van der Waals surface area contributed by atoms with Crippen molar-refractivity contribution < 1.29 is 4.79 Å². The van der Waals surface area contributed by atoms with Gasteiger partial charge in [0.15, 0.2) is 5.11 Å². The highest BCUT2D eigenvalue weighted by Crippen LogP contribution is 2.05. The highest BCUT2D eigenvalue weighted by Gasteiger charge is 2.07. The first-order chi connectivity index (χ1) is 8.50. The molecule has 96 valence electrons. The summed E-state index contributed by atoms with van der Waals surface area (Å²) in [5, 5.41) is 3.27. The summed E-state index contributed by atoms with van der Waals surface area (Å²) in [5.74, 6) is -0.215. The van der Waals surface area contributed by atoms with Gasteiger partial charge in [0.05, 0.1) is 0 Å². The van der Waals surface area contributed by atoms with Gasteiger partial charge >= 0.3 is 0 Å². The van der Waals surface area contributed by atoms with Crippen molar-refractivity contribution in [1.82, 2.24) is 16.2 Å². The van der Waals surface area contributed by atoms with Crippen LogP contribution in [0.1, 0.15) is 22.8 Å². The lowest BCUT2D eigenvalue weighted by atomic mass is 10.1. The molecule has 5 heteroatoms. The Hall–Kier alpha value is -1.88. The average Bonchev–Trinajstić information content (AvgIpc) is 2.34. The maximum atomic E-state index is 11.8. The highest BCUT2D eigenvalue weighted by atomic mass is 32.1. The molecule has 0 aliphatic rings. The van der Waals surface area contributed by atoms with Gasteiger partial charge in [0.1, 0.15) is 0 Å². The van der Waals surface area contributed by atoms with Gasteiger partial charge < -0.3 is 5.32 Å². The smallest absolute Gasteiger partial charge is 0.269 e. The van der Waals surface area contributed by atoms with Crippen molar-refractivity contribution in [3.8, 4) is 0 Å². The summed E-state index contributed by atoms with van der Waals surface area (Å²) in [6, 6.07) is 7.35. The number of nitrogens with one attached hydrogen (secondary N) is 3. The van der Waals surface area contributed by atoms with Gasteiger partial charge in [-0.2, -0.15) is 0 Å². The van der Waals surface area contributed by atoms with Gasteiger partial charge in [-0.1, -0.05) is 30.4 Å². The van der Waals surface area contributed by atoms with E-state index in [1.165, 1.54) is 0 Å². The van der Waals surface area contributed by atoms with E-state index < -0.39 is 0 Å². The van der Waals surface area contributed by atoms with E-state index in [2.05, 4.69) is 22.7 Å². The second-order valence-corrected chi connectivity index (χ2v) is 4.44. The van der Waals surface area contributed by atoms with Crippen LogP contribution < -0.4 is 16.2 Å². The zero-order valence-corrected chi connectivity index (χ0v) is 11.4. The molecular formula is C13H17N3OS. The Kier molecular flexibility index (Phi) is 5.32. The van der Waals surface area contributed by atoms with Gasteiger partial charge in [-0.25, -0.2) is 0 Å². The minimum atomic E-state index is -0.215. The van der Waals surface area contributed by atoms with Gasteiger partial charge in [-0.05, 0) is 37.7 Å². The second kappa shape index (κ2) is 6.76. The van der Waals surface area contributed by atoms with Gasteiger partial charge in [-0.3, -0.25) is 15.6 Å². The van der Waals surface area contributed by atoms with Gasteiger partial charge in [0.25, 0.3) is 5.91 Å². The monoisotopic (exact) mass is 263 g/mol. The minimum absolute atomic E-state index is 0.215. The van der Waals surface area contributed by atoms with Gasteiger partial charge in [-0.15, -0.1) is 0 Å². The first-order valence-electron chi connectivity index (χ1n) is 5.55. The van der Waals surface area contributed by atoms with Crippen LogP contribution in [0.5, 0.6) is 0 Å². The zero-order chi connectivity index (χ0) is 13.5. The van der Waals surface area contributed by atoms with Crippen molar-refractivity contribution in [2.75, 3.05) is 6.54 Å². The van der Waals surface area contributed by atoms with Crippen LogP contribution in [0.15, 0.2) is 36.4 Å². The van der Waals surface area contributed by atoms with Gasteiger partial charge in [0.2, 0.25) is 0 Å². The molecule has 1 aromatic rings. The molecule has 1 rings (SSSR count). The Morgan fingerprint density at radius 2 is 2.00 bits per heavy atom. The molecule has 0 fully saturated rings. The molecule has 3 N–H and O–H groups in total. The van der Waals surface area contributed by atoms with E-state index in [1.807, 2.05) is 32.0 Å². The number of carbonyl (C=O) groups is 1. The summed E-state index contributed by atoms with van der Waals surface area (Å²) >= 11 is 5.00.